The van der Waals surface area contributed by atoms with Crippen molar-refractivity contribution in [3.8, 4) is 0 Å². The Balaban J connectivity index is 1.79. The van der Waals surface area contributed by atoms with Gasteiger partial charge in [-0.05, 0) is 60.4 Å². The number of halogens is 2. The van der Waals surface area contributed by atoms with Crippen LogP contribution in [0.15, 0.2) is 97.1 Å². The molecule has 0 bridgehead atoms. The molecule has 0 saturated carbocycles. The van der Waals surface area contributed by atoms with Gasteiger partial charge in [-0.15, -0.1) is 11.8 Å². The summed E-state index contributed by atoms with van der Waals surface area (Å²) in [5.74, 6) is 0. The zero-order chi connectivity index (χ0) is 21.8. The Morgan fingerprint density at radius 2 is 0.710 bits per heavy atom. The zero-order valence-electron chi connectivity index (χ0n) is 17.6. The van der Waals surface area contributed by atoms with E-state index in [9.17, 15) is 0 Å². The van der Waals surface area contributed by atoms with Crippen LogP contribution in [0, 0.1) is 13.8 Å². The number of hydrogen-bond donors (Lipinski definition) is 0. The lowest BCUT2D eigenvalue weighted by Gasteiger charge is -2.25. The lowest BCUT2D eigenvalue weighted by Crippen LogP contribution is -2.04. The molecule has 0 aliphatic heterocycles. The Labute approximate surface area is 199 Å². The SMILES string of the molecule is Cc1ccc(C(SC(c2ccc(C)cc2)c2ccc(Cl)cc2)c2ccc(Cl)cc2)cc1. The van der Waals surface area contributed by atoms with Gasteiger partial charge in [0.2, 0.25) is 0 Å². The normalized spacial score (nSPS) is 13.0. The van der Waals surface area contributed by atoms with Gasteiger partial charge < -0.3 is 0 Å². The van der Waals surface area contributed by atoms with Crippen molar-refractivity contribution in [1.29, 1.82) is 0 Å². The van der Waals surface area contributed by atoms with Gasteiger partial charge in [-0.1, -0.05) is 107 Å². The minimum atomic E-state index is 0.167. The number of aryl methyl sites for hydroxylation is 2. The van der Waals surface area contributed by atoms with Gasteiger partial charge in [-0.25, -0.2) is 0 Å². The zero-order valence-corrected chi connectivity index (χ0v) is 19.9. The first-order valence-electron chi connectivity index (χ1n) is 10.3. The van der Waals surface area contributed by atoms with E-state index in [-0.39, 0.29) is 10.5 Å². The molecule has 0 aliphatic rings. The van der Waals surface area contributed by atoms with Crippen molar-refractivity contribution < 1.29 is 0 Å². The first-order chi connectivity index (χ1) is 15.0. The van der Waals surface area contributed by atoms with Gasteiger partial charge in [0.05, 0.1) is 10.5 Å². The molecule has 156 valence electrons. The van der Waals surface area contributed by atoms with E-state index in [1.165, 1.54) is 33.4 Å². The Morgan fingerprint density at radius 1 is 0.452 bits per heavy atom. The first-order valence-corrected chi connectivity index (χ1v) is 12.0. The van der Waals surface area contributed by atoms with Crippen molar-refractivity contribution in [2.24, 2.45) is 0 Å². The van der Waals surface area contributed by atoms with Crippen molar-refractivity contribution in [3.05, 3.63) is 140 Å². The van der Waals surface area contributed by atoms with Crippen LogP contribution >= 0.6 is 35.0 Å². The molecule has 0 saturated heterocycles. The number of benzene rings is 4. The molecule has 0 fully saturated rings. The average Bonchev–Trinajstić information content (AvgIpc) is 2.78. The second kappa shape index (κ2) is 9.96. The lowest BCUT2D eigenvalue weighted by molar-refractivity contribution is 1.09. The molecule has 3 heteroatoms. The summed E-state index contributed by atoms with van der Waals surface area (Å²) >= 11 is 14.3. The minimum Gasteiger partial charge on any atom is -0.136 e. The van der Waals surface area contributed by atoms with Crippen LogP contribution < -0.4 is 0 Å². The van der Waals surface area contributed by atoms with Crippen molar-refractivity contribution in [2.75, 3.05) is 0 Å². The second-order valence-corrected chi connectivity index (χ2v) is 9.91. The summed E-state index contributed by atoms with van der Waals surface area (Å²) in [6.45, 7) is 4.24. The number of thioether (sulfide) groups is 1. The molecular formula is C28H24Cl2S. The van der Waals surface area contributed by atoms with E-state index in [1.54, 1.807) is 0 Å². The highest BCUT2D eigenvalue weighted by molar-refractivity contribution is 8.00. The summed E-state index contributed by atoms with van der Waals surface area (Å²) in [6, 6.07) is 34.1. The first kappa shape index (κ1) is 22.0. The summed E-state index contributed by atoms with van der Waals surface area (Å²) in [4.78, 5) is 0. The number of rotatable bonds is 6. The van der Waals surface area contributed by atoms with Crippen LogP contribution in [0.1, 0.15) is 43.9 Å². The van der Waals surface area contributed by atoms with Crippen LogP contribution in [-0.2, 0) is 0 Å². The van der Waals surface area contributed by atoms with Gasteiger partial charge in [0.1, 0.15) is 0 Å². The highest BCUT2D eigenvalue weighted by Gasteiger charge is 2.23. The predicted molar refractivity (Wildman–Crippen MR) is 137 cm³/mol. The molecule has 0 aliphatic carbocycles. The van der Waals surface area contributed by atoms with Crippen LogP contribution in [0.25, 0.3) is 0 Å². The average molecular weight is 463 g/mol. The molecule has 0 nitrogen and oxygen atoms in total. The van der Waals surface area contributed by atoms with Crippen LogP contribution in [0.2, 0.25) is 10.0 Å². The molecule has 0 aromatic heterocycles. The Kier molecular flexibility index (Phi) is 7.07. The van der Waals surface area contributed by atoms with Crippen LogP contribution in [0.5, 0.6) is 0 Å². The van der Waals surface area contributed by atoms with Crippen molar-refractivity contribution in [2.45, 2.75) is 24.3 Å². The number of hydrogen-bond acceptors (Lipinski definition) is 1. The molecule has 4 rings (SSSR count). The maximum atomic E-state index is 6.19. The fourth-order valence-electron chi connectivity index (χ4n) is 3.59. The van der Waals surface area contributed by atoms with E-state index in [1.807, 2.05) is 36.0 Å². The predicted octanol–water partition coefficient (Wildman–Crippen LogP) is 9.22. The third-order valence-corrected chi connectivity index (χ3v) is 7.51. The third kappa shape index (κ3) is 5.54. The van der Waals surface area contributed by atoms with Gasteiger partial charge in [-0.2, -0.15) is 0 Å². The van der Waals surface area contributed by atoms with E-state index < -0.39 is 0 Å². The van der Waals surface area contributed by atoms with E-state index in [2.05, 4.69) is 86.6 Å². The Hall–Kier alpha value is -2.19. The maximum absolute atomic E-state index is 6.19. The van der Waals surface area contributed by atoms with Crippen molar-refractivity contribution >= 4 is 35.0 Å². The Bertz CT molecular complexity index is 932. The molecule has 2 atom stereocenters. The van der Waals surface area contributed by atoms with E-state index in [0.717, 1.165) is 10.0 Å². The fourth-order valence-corrected chi connectivity index (χ4v) is 5.37. The standard InChI is InChI=1S/C28H24Cl2S/c1-19-3-7-21(8-4-19)27(23-11-15-25(29)16-12-23)31-28(22-9-5-20(2)6-10-22)24-13-17-26(30)18-14-24/h3-18,27-28H,1-2H3. The summed E-state index contributed by atoms with van der Waals surface area (Å²) < 4.78 is 0. The molecule has 4 aromatic rings. The lowest BCUT2D eigenvalue weighted by atomic mass is 10.0. The Morgan fingerprint density at radius 3 is 1.00 bits per heavy atom. The molecule has 2 unspecified atom stereocenters. The third-order valence-electron chi connectivity index (χ3n) is 5.38. The van der Waals surface area contributed by atoms with Crippen LogP contribution in [0.3, 0.4) is 0 Å². The summed E-state index contributed by atoms with van der Waals surface area (Å²) in [5, 5.41) is 1.84. The van der Waals surface area contributed by atoms with Crippen molar-refractivity contribution in [3.63, 3.8) is 0 Å². The molecule has 0 amide bonds. The monoisotopic (exact) mass is 462 g/mol. The minimum absolute atomic E-state index is 0.167. The molecule has 0 heterocycles. The van der Waals surface area contributed by atoms with E-state index in [4.69, 9.17) is 23.2 Å². The highest BCUT2D eigenvalue weighted by atomic mass is 35.5. The summed E-state index contributed by atoms with van der Waals surface area (Å²) in [7, 11) is 0. The van der Waals surface area contributed by atoms with Gasteiger partial charge in [0.15, 0.2) is 0 Å². The van der Waals surface area contributed by atoms with Gasteiger partial charge in [0.25, 0.3) is 0 Å². The molecular weight excluding hydrogens is 439 g/mol. The fraction of sp³-hybridized carbons (Fsp3) is 0.143. The van der Waals surface area contributed by atoms with Gasteiger partial charge >= 0.3 is 0 Å². The van der Waals surface area contributed by atoms with Crippen molar-refractivity contribution in [1.82, 2.24) is 0 Å². The molecule has 4 aromatic carbocycles. The highest BCUT2D eigenvalue weighted by Crippen LogP contribution is 2.48. The smallest absolute Gasteiger partial charge is 0.0556 e. The molecule has 0 spiro atoms. The molecule has 0 radical (unpaired) electrons. The topological polar surface area (TPSA) is 0 Å². The molecule has 31 heavy (non-hydrogen) atoms. The largest absolute Gasteiger partial charge is 0.136 e. The van der Waals surface area contributed by atoms with E-state index >= 15 is 0 Å². The van der Waals surface area contributed by atoms with E-state index in [0.29, 0.717) is 0 Å². The second-order valence-electron chi connectivity index (χ2n) is 7.82. The van der Waals surface area contributed by atoms with Gasteiger partial charge in [-0.3, -0.25) is 0 Å². The van der Waals surface area contributed by atoms with Gasteiger partial charge in [0, 0.05) is 10.0 Å². The maximum Gasteiger partial charge on any atom is 0.0556 e. The van der Waals surface area contributed by atoms with Crippen LogP contribution in [-0.4, -0.2) is 0 Å². The van der Waals surface area contributed by atoms with Crippen LogP contribution in [0.4, 0.5) is 0 Å². The summed E-state index contributed by atoms with van der Waals surface area (Å²) in [5.41, 5.74) is 7.56. The summed E-state index contributed by atoms with van der Waals surface area (Å²) in [6.07, 6.45) is 0. The quantitative estimate of drug-likeness (QED) is 0.275. The molecule has 0 N–H and O–H groups in total.